The van der Waals surface area contributed by atoms with E-state index < -0.39 is 0 Å². The zero-order valence-electron chi connectivity index (χ0n) is 12.6. The van der Waals surface area contributed by atoms with Crippen LogP contribution in [0.2, 0.25) is 0 Å². The van der Waals surface area contributed by atoms with E-state index in [0.29, 0.717) is 13.2 Å². The molecule has 0 amide bonds. The van der Waals surface area contributed by atoms with Crippen LogP contribution in [0.25, 0.3) is 0 Å². The molecule has 0 saturated carbocycles. The fraction of sp³-hybridized carbons (Fsp3) is 0.333. The molecule has 2 fully saturated rings. The summed E-state index contributed by atoms with van der Waals surface area (Å²) in [6.45, 7) is 2.92. The summed E-state index contributed by atoms with van der Waals surface area (Å²) in [6, 6.07) is 16.3. The van der Waals surface area contributed by atoms with Crippen molar-refractivity contribution >= 4 is 11.8 Å². The number of hydrogen-bond donors (Lipinski definition) is 0. The molecule has 0 bridgehead atoms. The van der Waals surface area contributed by atoms with Crippen molar-refractivity contribution in [1.29, 1.82) is 0 Å². The third kappa shape index (κ3) is 4.64. The third-order valence-electron chi connectivity index (χ3n) is 3.56. The molecule has 2 atom stereocenters. The van der Waals surface area contributed by atoms with Gasteiger partial charge in [-0.05, 0) is 48.5 Å². The van der Waals surface area contributed by atoms with E-state index in [-0.39, 0.29) is 12.2 Å². The number of hydrogen-bond acceptors (Lipinski definition) is 5. The largest absolute Gasteiger partial charge is 0.491 e. The smallest absolute Gasteiger partial charge is 0.119 e. The lowest BCUT2D eigenvalue weighted by Gasteiger charge is -2.07. The lowest BCUT2D eigenvalue weighted by Crippen LogP contribution is -2.03. The molecule has 2 heterocycles. The quantitative estimate of drug-likeness (QED) is 0.694. The molecule has 2 aliphatic rings. The van der Waals surface area contributed by atoms with Crippen LogP contribution in [0.5, 0.6) is 11.5 Å². The van der Waals surface area contributed by atoms with Crippen LogP contribution in [-0.4, -0.2) is 38.6 Å². The van der Waals surface area contributed by atoms with Crippen molar-refractivity contribution in [3.8, 4) is 11.5 Å². The van der Waals surface area contributed by atoms with Crippen LogP contribution in [-0.2, 0) is 9.47 Å². The Kier molecular flexibility index (Phi) is 4.41. The molecule has 23 heavy (non-hydrogen) atoms. The highest BCUT2D eigenvalue weighted by Crippen LogP contribution is 2.30. The van der Waals surface area contributed by atoms with Crippen molar-refractivity contribution in [1.82, 2.24) is 0 Å². The van der Waals surface area contributed by atoms with Gasteiger partial charge in [-0.15, -0.1) is 0 Å². The molecular weight excluding hydrogens is 312 g/mol. The van der Waals surface area contributed by atoms with Crippen molar-refractivity contribution in [2.24, 2.45) is 0 Å². The monoisotopic (exact) mass is 330 g/mol. The topological polar surface area (TPSA) is 43.5 Å². The van der Waals surface area contributed by atoms with Gasteiger partial charge in [0, 0.05) is 9.79 Å². The molecule has 0 aliphatic carbocycles. The van der Waals surface area contributed by atoms with Crippen LogP contribution in [0.4, 0.5) is 0 Å². The van der Waals surface area contributed by atoms with Gasteiger partial charge in [0.1, 0.15) is 36.9 Å². The van der Waals surface area contributed by atoms with Crippen molar-refractivity contribution in [3.63, 3.8) is 0 Å². The van der Waals surface area contributed by atoms with Crippen molar-refractivity contribution < 1.29 is 18.9 Å². The molecule has 2 aromatic carbocycles. The number of epoxide rings is 2. The van der Waals surface area contributed by atoms with E-state index in [1.165, 1.54) is 9.79 Å². The third-order valence-corrected chi connectivity index (χ3v) is 4.58. The lowest BCUT2D eigenvalue weighted by molar-refractivity contribution is 0.263. The summed E-state index contributed by atoms with van der Waals surface area (Å²) in [5.41, 5.74) is 0. The van der Waals surface area contributed by atoms with E-state index in [4.69, 9.17) is 18.9 Å². The highest BCUT2D eigenvalue weighted by Gasteiger charge is 2.23. The first-order chi connectivity index (χ1) is 11.3. The molecule has 2 unspecified atom stereocenters. The molecule has 0 aromatic heterocycles. The highest BCUT2D eigenvalue weighted by atomic mass is 32.2. The van der Waals surface area contributed by atoms with Gasteiger partial charge < -0.3 is 18.9 Å². The second kappa shape index (κ2) is 6.83. The van der Waals surface area contributed by atoms with Crippen LogP contribution in [0.1, 0.15) is 0 Å². The first kappa shape index (κ1) is 14.9. The highest BCUT2D eigenvalue weighted by molar-refractivity contribution is 7.99. The Bertz CT molecular complexity index is 576. The molecule has 2 aromatic rings. The molecule has 2 aliphatic heterocycles. The van der Waals surface area contributed by atoms with Gasteiger partial charge in [0.2, 0.25) is 0 Å². The Hall–Kier alpha value is -1.69. The maximum atomic E-state index is 5.64. The molecular formula is C18H18O4S. The Morgan fingerprint density at radius 2 is 1.13 bits per heavy atom. The van der Waals surface area contributed by atoms with Gasteiger partial charge in [0.05, 0.1) is 13.2 Å². The molecule has 0 radical (unpaired) electrons. The van der Waals surface area contributed by atoms with Gasteiger partial charge in [0.25, 0.3) is 0 Å². The van der Waals surface area contributed by atoms with E-state index in [9.17, 15) is 0 Å². The summed E-state index contributed by atoms with van der Waals surface area (Å²) >= 11 is 1.72. The predicted octanol–water partition coefficient (Wildman–Crippen LogP) is 3.39. The lowest BCUT2D eigenvalue weighted by atomic mass is 10.3. The van der Waals surface area contributed by atoms with Crippen LogP contribution in [0, 0.1) is 0 Å². The average Bonchev–Trinajstić information content (AvgIpc) is 3.48. The van der Waals surface area contributed by atoms with E-state index in [0.717, 1.165) is 24.7 Å². The number of benzene rings is 2. The summed E-state index contributed by atoms with van der Waals surface area (Å²) < 4.78 is 21.5. The number of rotatable bonds is 8. The Morgan fingerprint density at radius 1 is 0.739 bits per heavy atom. The second-order valence-electron chi connectivity index (χ2n) is 5.58. The van der Waals surface area contributed by atoms with Gasteiger partial charge in [-0.3, -0.25) is 0 Å². The zero-order valence-corrected chi connectivity index (χ0v) is 13.5. The first-order valence-electron chi connectivity index (χ1n) is 7.72. The fourth-order valence-electron chi connectivity index (χ4n) is 2.05. The summed E-state index contributed by atoms with van der Waals surface area (Å²) in [6.07, 6.45) is 0.576. The summed E-state index contributed by atoms with van der Waals surface area (Å²) in [5, 5.41) is 0. The van der Waals surface area contributed by atoms with Crippen LogP contribution in [0.3, 0.4) is 0 Å². The summed E-state index contributed by atoms with van der Waals surface area (Å²) in [5.74, 6) is 1.77. The van der Waals surface area contributed by atoms with Gasteiger partial charge in [-0.2, -0.15) is 0 Å². The second-order valence-corrected chi connectivity index (χ2v) is 6.72. The molecule has 2 saturated heterocycles. The SMILES string of the molecule is c1cc(Sc2ccc(OCC3CO3)cc2)ccc1OCC1CO1. The molecule has 120 valence electrons. The Labute approximate surface area is 139 Å². The Balaban J connectivity index is 1.29. The van der Waals surface area contributed by atoms with Crippen molar-refractivity contribution in [2.75, 3.05) is 26.4 Å². The predicted molar refractivity (Wildman–Crippen MR) is 87.5 cm³/mol. The van der Waals surface area contributed by atoms with Crippen LogP contribution in [0.15, 0.2) is 58.3 Å². The van der Waals surface area contributed by atoms with E-state index in [2.05, 4.69) is 24.3 Å². The minimum absolute atomic E-state index is 0.288. The van der Waals surface area contributed by atoms with Gasteiger partial charge in [-0.1, -0.05) is 11.8 Å². The average molecular weight is 330 g/mol. The minimum atomic E-state index is 0.288. The van der Waals surface area contributed by atoms with E-state index >= 15 is 0 Å². The molecule has 5 heteroatoms. The van der Waals surface area contributed by atoms with Gasteiger partial charge in [-0.25, -0.2) is 0 Å². The maximum absolute atomic E-state index is 5.64. The van der Waals surface area contributed by atoms with Crippen molar-refractivity contribution in [3.05, 3.63) is 48.5 Å². The zero-order chi connectivity index (χ0) is 15.5. The molecule has 4 nitrogen and oxygen atoms in total. The molecule has 4 rings (SSSR count). The Morgan fingerprint density at radius 3 is 1.48 bits per heavy atom. The van der Waals surface area contributed by atoms with E-state index in [1.54, 1.807) is 11.8 Å². The maximum Gasteiger partial charge on any atom is 0.119 e. The molecule has 0 N–H and O–H groups in total. The van der Waals surface area contributed by atoms with Gasteiger partial charge >= 0.3 is 0 Å². The van der Waals surface area contributed by atoms with Crippen LogP contribution < -0.4 is 9.47 Å². The van der Waals surface area contributed by atoms with Crippen molar-refractivity contribution in [2.45, 2.75) is 22.0 Å². The van der Waals surface area contributed by atoms with E-state index in [1.807, 2.05) is 24.3 Å². The summed E-state index contributed by atoms with van der Waals surface area (Å²) in [4.78, 5) is 2.36. The summed E-state index contributed by atoms with van der Waals surface area (Å²) in [7, 11) is 0. The minimum Gasteiger partial charge on any atom is -0.491 e. The normalized spacial score (nSPS) is 21.7. The molecule has 0 spiro atoms. The number of ether oxygens (including phenoxy) is 4. The fourth-order valence-corrected chi connectivity index (χ4v) is 2.87. The van der Waals surface area contributed by atoms with Crippen LogP contribution >= 0.6 is 11.8 Å². The first-order valence-corrected chi connectivity index (χ1v) is 8.53. The standard InChI is InChI=1S/C18H18O4S/c1-5-17(6-2-13(1)19-9-15-11-21-15)23-18-7-3-14(4-8-18)20-10-16-12-22-16/h1-8,15-16H,9-12H2. The van der Waals surface area contributed by atoms with Gasteiger partial charge in [0.15, 0.2) is 0 Å².